The topological polar surface area (TPSA) is 118 Å². The van der Waals surface area contributed by atoms with Crippen molar-refractivity contribution in [1.82, 2.24) is 4.72 Å². The fraction of sp³-hybridized carbons (Fsp3) is 0.250. The first-order valence-electron chi connectivity index (χ1n) is 4.97. The Kier molecular flexibility index (Phi) is 4.82. The van der Waals surface area contributed by atoms with Crippen LogP contribution in [0.25, 0.3) is 0 Å². The molecular weight excluding hydrogens is 342 g/mol. The van der Waals surface area contributed by atoms with E-state index in [-0.39, 0.29) is 0 Å². The second-order valence-corrected chi connectivity index (χ2v) is 6.79. The van der Waals surface area contributed by atoms with E-state index in [2.05, 4.69) is 0 Å². The minimum absolute atomic E-state index is 0.539. The lowest BCUT2D eigenvalue weighted by Crippen LogP contribution is -2.37. The highest BCUT2D eigenvalue weighted by atomic mass is 32.2. The molecule has 0 spiro atoms. The summed E-state index contributed by atoms with van der Waals surface area (Å²) < 4.78 is 96.3. The maximum atomic E-state index is 13.3. The molecule has 0 aliphatic rings. The van der Waals surface area contributed by atoms with Gasteiger partial charge in [-0.15, -0.1) is 0 Å². The Morgan fingerprint density at radius 3 is 2.19 bits per heavy atom. The number of sulfonamides is 1. The smallest absolute Gasteiger partial charge is 0.268 e. The molecule has 1 aromatic carbocycles. The second-order valence-electron chi connectivity index (χ2n) is 3.73. The zero-order chi connectivity index (χ0) is 16.5. The van der Waals surface area contributed by atoms with Crippen LogP contribution in [0.5, 0.6) is 0 Å². The number of anilines is 1. The first-order chi connectivity index (χ1) is 9.30. The molecule has 0 heterocycles. The van der Waals surface area contributed by atoms with Crippen molar-refractivity contribution in [2.75, 3.05) is 11.3 Å². The predicted octanol–water partition coefficient (Wildman–Crippen LogP) is 0.282. The number of halogens is 4. The summed E-state index contributed by atoms with van der Waals surface area (Å²) in [7, 11) is -8.98. The van der Waals surface area contributed by atoms with E-state index < -0.39 is 49.4 Å². The van der Waals surface area contributed by atoms with Crippen molar-refractivity contribution in [3.63, 3.8) is 0 Å². The molecule has 0 aliphatic heterocycles. The Hall–Kier alpha value is -1.44. The molecule has 4 N–H and O–H groups in total. The number of nitrogens with one attached hydrogen (secondary N) is 2. The van der Waals surface area contributed by atoms with Crippen LogP contribution in [0, 0.1) is 5.82 Å². The molecule has 0 fully saturated rings. The molecule has 0 amide bonds. The van der Waals surface area contributed by atoms with Crippen molar-refractivity contribution in [3.8, 4) is 0 Å². The van der Waals surface area contributed by atoms with Gasteiger partial charge in [0.25, 0.3) is 10.2 Å². The third kappa shape index (κ3) is 5.82. The van der Waals surface area contributed by atoms with Crippen molar-refractivity contribution in [2.24, 2.45) is 5.14 Å². The number of nitrogens with two attached hydrogens (primary N) is 1. The molecule has 7 nitrogen and oxygen atoms in total. The summed E-state index contributed by atoms with van der Waals surface area (Å²) in [5.41, 5.74) is -0.865. The van der Waals surface area contributed by atoms with Gasteiger partial charge in [0.2, 0.25) is 10.0 Å². The molecule has 0 radical (unpaired) electrons. The lowest BCUT2D eigenvalue weighted by Gasteiger charge is -2.12. The van der Waals surface area contributed by atoms with Crippen LogP contribution in [-0.2, 0) is 20.2 Å². The van der Waals surface area contributed by atoms with Gasteiger partial charge in [-0.3, -0.25) is 4.72 Å². The Morgan fingerprint density at radius 2 is 1.71 bits per heavy atom. The summed E-state index contributed by atoms with van der Waals surface area (Å²) in [5, 5.41) is 4.76. The second kappa shape index (κ2) is 5.75. The van der Waals surface area contributed by atoms with Gasteiger partial charge in [0.15, 0.2) is 0 Å². The highest BCUT2D eigenvalue weighted by Gasteiger charge is 2.29. The lowest BCUT2D eigenvalue weighted by atomic mass is 10.3. The average Bonchev–Trinajstić information content (AvgIpc) is 2.27. The number of alkyl halides is 3. The van der Waals surface area contributed by atoms with E-state index in [0.717, 1.165) is 10.8 Å². The first-order valence-corrected chi connectivity index (χ1v) is 8.00. The SMILES string of the molecule is NS(=O)(=O)c1ccc(F)c(NS(=O)(=O)NCC(F)(F)F)c1. The van der Waals surface area contributed by atoms with Gasteiger partial charge < -0.3 is 0 Å². The molecule has 21 heavy (non-hydrogen) atoms. The maximum absolute atomic E-state index is 13.3. The lowest BCUT2D eigenvalue weighted by molar-refractivity contribution is -0.121. The predicted molar refractivity (Wildman–Crippen MR) is 64.4 cm³/mol. The van der Waals surface area contributed by atoms with E-state index >= 15 is 0 Å². The molecule has 1 aromatic rings. The van der Waals surface area contributed by atoms with Crippen LogP contribution in [-0.4, -0.2) is 29.6 Å². The van der Waals surface area contributed by atoms with Crippen LogP contribution in [0.4, 0.5) is 23.2 Å². The molecule has 0 atom stereocenters. The third-order valence-electron chi connectivity index (χ3n) is 1.97. The normalized spacial score (nSPS) is 13.2. The fourth-order valence-electron chi connectivity index (χ4n) is 1.12. The van der Waals surface area contributed by atoms with Crippen LogP contribution in [0.3, 0.4) is 0 Å². The fourth-order valence-corrected chi connectivity index (χ4v) is 2.53. The van der Waals surface area contributed by atoms with Gasteiger partial charge in [0.1, 0.15) is 12.4 Å². The highest BCUT2D eigenvalue weighted by Crippen LogP contribution is 2.20. The molecule has 0 saturated carbocycles. The highest BCUT2D eigenvalue weighted by molar-refractivity contribution is 7.90. The summed E-state index contributed by atoms with van der Waals surface area (Å²) in [6.45, 7) is -1.88. The van der Waals surface area contributed by atoms with E-state index in [9.17, 15) is 34.4 Å². The summed E-state index contributed by atoms with van der Waals surface area (Å²) in [5.74, 6) is -1.19. The summed E-state index contributed by atoms with van der Waals surface area (Å²) >= 11 is 0. The largest absolute Gasteiger partial charge is 0.402 e. The zero-order valence-electron chi connectivity index (χ0n) is 9.98. The molecule has 0 unspecified atom stereocenters. The Balaban J connectivity index is 3.02. The minimum Gasteiger partial charge on any atom is -0.268 e. The summed E-state index contributed by atoms with van der Waals surface area (Å²) in [4.78, 5) is -0.613. The molecular formula is C8H9F4N3O4S2. The molecule has 1 rings (SSSR count). The Labute approximate surface area is 117 Å². The van der Waals surface area contributed by atoms with Crippen molar-refractivity contribution < 1.29 is 34.4 Å². The van der Waals surface area contributed by atoms with E-state index in [1.165, 1.54) is 4.72 Å². The number of primary sulfonamides is 1. The van der Waals surface area contributed by atoms with Gasteiger partial charge in [0, 0.05) is 0 Å². The van der Waals surface area contributed by atoms with E-state index in [4.69, 9.17) is 5.14 Å². The van der Waals surface area contributed by atoms with Crippen LogP contribution < -0.4 is 14.6 Å². The summed E-state index contributed by atoms with van der Waals surface area (Å²) in [6.07, 6.45) is -4.81. The molecule has 0 saturated heterocycles. The van der Waals surface area contributed by atoms with Crippen molar-refractivity contribution in [1.29, 1.82) is 0 Å². The van der Waals surface area contributed by atoms with Gasteiger partial charge in [-0.05, 0) is 18.2 Å². The standard InChI is InChI=1S/C8H9F4N3O4S2/c9-6-2-1-5(20(13,16)17)3-7(6)15-21(18,19)14-4-8(10,11)12/h1-3,14-15H,4H2,(H2,13,16,17). The van der Waals surface area contributed by atoms with E-state index in [1.54, 1.807) is 0 Å². The van der Waals surface area contributed by atoms with Crippen LogP contribution in [0.2, 0.25) is 0 Å². The monoisotopic (exact) mass is 351 g/mol. The molecule has 0 aliphatic carbocycles. The zero-order valence-corrected chi connectivity index (χ0v) is 11.6. The third-order valence-corrected chi connectivity index (χ3v) is 3.90. The van der Waals surface area contributed by atoms with Crippen LogP contribution >= 0.6 is 0 Å². The first kappa shape index (κ1) is 17.6. The number of rotatable bonds is 5. The summed E-state index contributed by atoms with van der Waals surface area (Å²) in [6, 6.07) is 1.91. The molecule has 13 heteroatoms. The van der Waals surface area contributed by atoms with Crippen molar-refractivity contribution in [3.05, 3.63) is 24.0 Å². The van der Waals surface area contributed by atoms with Crippen LogP contribution in [0.15, 0.2) is 23.1 Å². The van der Waals surface area contributed by atoms with Gasteiger partial charge >= 0.3 is 6.18 Å². The van der Waals surface area contributed by atoms with Gasteiger partial charge in [0.05, 0.1) is 10.6 Å². The Morgan fingerprint density at radius 1 is 1.14 bits per heavy atom. The van der Waals surface area contributed by atoms with Crippen LogP contribution in [0.1, 0.15) is 0 Å². The Bertz CT molecular complexity index is 730. The van der Waals surface area contributed by atoms with Gasteiger partial charge in [-0.2, -0.15) is 26.3 Å². The number of hydrogen-bond donors (Lipinski definition) is 3. The number of benzene rings is 1. The average molecular weight is 351 g/mol. The van der Waals surface area contributed by atoms with Gasteiger partial charge in [-0.25, -0.2) is 17.9 Å². The molecule has 0 aromatic heterocycles. The number of hydrogen-bond acceptors (Lipinski definition) is 4. The van der Waals surface area contributed by atoms with Gasteiger partial charge in [-0.1, -0.05) is 0 Å². The maximum Gasteiger partial charge on any atom is 0.402 e. The minimum atomic E-state index is -4.81. The molecule has 0 bridgehead atoms. The van der Waals surface area contributed by atoms with E-state index in [1.807, 2.05) is 0 Å². The quantitative estimate of drug-likeness (QED) is 0.660. The van der Waals surface area contributed by atoms with Crippen molar-refractivity contribution in [2.45, 2.75) is 11.1 Å². The van der Waals surface area contributed by atoms with E-state index in [0.29, 0.717) is 12.1 Å². The molecule has 120 valence electrons. The van der Waals surface area contributed by atoms with Crippen molar-refractivity contribution >= 4 is 25.9 Å².